The molecule has 2 aromatic rings. The number of rotatable bonds is 4. The minimum absolute atomic E-state index is 0.0390. The van der Waals surface area contributed by atoms with Crippen LogP contribution in [0.1, 0.15) is 5.56 Å². The second kappa shape index (κ2) is 4.97. The number of nitrogens with one attached hydrogen (secondary N) is 1. The van der Waals surface area contributed by atoms with E-state index in [1.165, 1.54) is 6.20 Å². The first kappa shape index (κ1) is 11.6. The second-order valence-corrected chi connectivity index (χ2v) is 5.31. The summed E-state index contributed by atoms with van der Waals surface area (Å²) < 4.78 is 26.1. The topological polar surface area (TPSA) is 59.1 Å². The van der Waals surface area contributed by atoms with Gasteiger partial charge in [0.15, 0.2) is 0 Å². The Balaban J connectivity index is 2.11. The van der Waals surface area contributed by atoms with Crippen LogP contribution in [0.3, 0.4) is 0 Å². The van der Waals surface area contributed by atoms with E-state index in [2.05, 4.69) is 9.71 Å². The van der Waals surface area contributed by atoms with Crippen LogP contribution in [-0.2, 0) is 15.8 Å². The predicted octanol–water partition coefficient (Wildman–Crippen LogP) is 2.02. The average Bonchev–Trinajstić information content (AvgIpc) is 2.30. The molecule has 0 aliphatic rings. The number of pyridine rings is 1. The highest BCUT2D eigenvalue weighted by atomic mass is 32.2. The average molecular weight is 248 g/mol. The van der Waals surface area contributed by atoms with Gasteiger partial charge in [-0.1, -0.05) is 30.3 Å². The van der Waals surface area contributed by atoms with Crippen LogP contribution in [0.2, 0.25) is 0 Å². The maximum atomic E-state index is 11.8. The number of anilines is 1. The fourth-order valence-corrected chi connectivity index (χ4v) is 2.62. The summed E-state index contributed by atoms with van der Waals surface area (Å²) in [5, 5.41) is 0. The molecule has 1 N–H and O–H groups in total. The Morgan fingerprint density at radius 1 is 1.06 bits per heavy atom. The Hall–Kier alpha value is -1.88. The molecule has 0 saturated heterocycles. The van der Waals surface area contributed by atoms with Gasteiger partial charge in [-0.3, -0.25) is 9.71 Å². The van der Waals surface area contributed by atoms with Crippen LogP contribution in [0.5, 0.6) is 0 Å². The van der Waals surface area contributed by atoms with Gasteiger partial charge in [-0.05, 0) is 17.7 Å². The maximum absolute atomic E-state index is 11.8. The van der Waals surface area contributed by atoms with Crippen molar-refractivity contribution in [2.45, 2.75) is 5.75 Å². The first-order valence-corrected chi connectivity index (χ1v) is 6.75. The van der Waals surface area contributed by atoms with Gasteiger partial charge >= 0.3 is 0 Å². The highest BCUT2D eigenvalue weighted by Crippen LogP contribution is 2.10. The van der Waals surface area contributed by atoms with Crippen molar-refractivity contribution in [1.29, 1.82) is 0 Å². The molecule has 0 amide bonds. The molecule has 17 heavy (non-hydrogen) atoms. The molecule has 0 fully saturated rings. The highest BCUT2D eigenvalue weighted by Gasteiger charge is 2.11. The molecular formula is C12H12N2O2S. The molecule has 1 aromatic carbocycles. The smallest absolute Gasteiger partial charge is 0.236 e. The molecule has 1 heterocycles. The Kier molecular flexibility index (Phi) is 3.39. The van der Waals surface area contributed by atoms with Gasteiger partial charge in [0.25, 0.3) is 0 Å². The van der Waals surface area contributed by atoms with Gasteiger partial charge in [-0.2, -0.15) is 0 Å². The molecule has 4 nitrogen and oxygen atoms in total. The Labute approximate surface area is 100 Å². The van der Waals surface area contributed by atoms with Gasteiger partial charge in [-0.25, -0.2) is 8.42 Å². The molecule has 0 atom stereocenters. The standard InChI is InChI=1S/C12H12N2O2S/c15-17(16,10-11-5-2-1-3-6-11)14-12-7-4-8-13-9-12/h1-9,14H,10H2. The van der Waals surface area contributed by atoms with E-state index in [0.717, 1.165) is 5.56 Å². The first-order chi connectivity index (χ1) is 8.16. The normalized spacial score (nSPS) is 11.1. The third-order valence-electron chi connectivity index (χ3n) is 2.13. The van der Waals surface area contributed by atoms with Crippen molar-refractivity contribution < 1.29 is 8.42 Å². The van der Waals surface area contributed by atoms with E-state index in [4.69, 9.17) is 0 Å². The SMILES string of the molecule is O=S(=O)(Cc1ccccc1)Nc1cccnc1. The zero-order valence-corrected chi connectivity index (χ0v) is 9.89. The number of aromatic nitrogens is 1. The molecule has 0 aliphatic heterocycles. The number of hydrogen-bond donors (Lipinski definition) is 1. The van der Waals surface area contributed by atoms with E-state index in [0.29, 0.717) is 5.69 Å². The molecule has 0 spiro atoms. The monoisotopic (exact) mass is 248 g/mol. The minimum Gasteiger partial charge on any atom is -0.282 e. The number of hydrogen-bond acceptors (Lipinski definition) is 3. The lowest BCUT2D eigenvalue weighted by molar-refractivity contribution is 0.600. The first-order valence-electron chi connectivity index (χ1n) is 5.10. The molecule has 0 unspecified atom stereocenters. The second-order valence-electron chi connectivity index (χ2n) is 3.59. The Morgan fingerprint density at radius 3 is 2.47 bits per heavy atom. The zero-order chi connectivity index (χ0) is 12.1. The van der Waals surface area contributed by atoms with Gasteiger partial charge in [0.1, 0.15) is 0 Å². The fraction of sp³-hybridized carbons (Fsp3) is 0.0833. The molecule has 5 heteroatoms. The van der Waals surface area contributed by atoms with E-state index < -0.39 is 10.0 Å². The third kappa shape index (κ3) is 3.57. The van der Waals surface area contributed by atoms with Crippen molar-refractivity contribution in [1.82, 2.24) is 4.98 Å². The van der Waals surface area contributed by atoms with Crippen LogP contribution >= 0.6 is 0 Å². The molecule has 0 saturated carbocycles. The summed E-state index contributed by atoms with van der Waals surface area (Å²) >= 11 is 0. The molecule has 0 radical (unpaired) electrons. The lowest BCUT2D eigenvalue weighted by Crippen LogP contribution is -2.15. The molecule has 1 aromatic heterocycles. The van der Waals surface area contributed by atoms with Crippen LogP contribution in [-0.4, -0.2) is 13.4 Å². The van der Waals surface area contributed by atoms with Crippen LogP contribution in [0.15, 0.2) is 54.9 Å². The summed E-state index contributed by atoms with van der Waals surface area (Å²) in [6.45, 7) is 0. The van der Waals surface area contributed by atoms with Gasteiger partial charge in [0.05, 0.1) is 17.6 Å². The van der Waals surface area contributed by atoms with Crippen molar-refractivity contribution in [2.75, 3.05) is 4.72 Å². The van der Waals surface area contributed by atoms with Crippen LogP contribution < -0.4 is 4.72 Å². The van der Waals surface area contributed by atoms with Crippen molar-refractivity contribution >= 4 is 15.7 Å². The summed E-state index contributed by atoms with van der Waals surface area (Å²) in [4.78, 5) is 3.85. The summed E-state index contributed by atoms with van der Waals surface area (Å²) in [5.74, 6) is -0.0390. The van der Waals surface area contributed by atoms with E-state index in [1.54, 1.807) is 30.5 Å². The summed E-state index contributed by atoms with van der Waals surface area (Å²) in [6.07, 6.45) is 3.07. The van der Waals surface area contributed by atoms with Gasteiger partial charge in [0.2, 0.25) is 10.0 Å². The van der Waals surface area contributed by atoms with Gasteiger partial charge in [-0.15, -0.1) is 0 Å². The third-order valence-corrected chi connectivity index (χ3v) is 3.39. The van der Waals surface area contributed by atoms with E-state index in [-0.39, 0.29) is 5.75 Å². The Bertz CT molecular complexity index is 520. The van der Waals surface area contributed by atoms with E-state index in [9.17, 15) is 8.42 Å². The molecular weight excluding hydrogens is 236 g/mol. The number of nitrogens with zero attached hydrogens (tertiary/aromatic N) is 1. The van der Waals surface area contributed by atoms with Crippen LogP contribution in [0.25, 0.3) is 0 Å². The van der Waals surface area contributed by atoms with E-state index >= 15 is 0 Å². The van der Waals surface area contributed by atoms with Crippen molar-refractivity contribution in [3.8, 4) is 0 Å². The van der Waals surface area contributed by atoms with Crippen LogP contribution in [0.4, 0.5) is 5.69 Å². The highest BCUT2D eigenvalue weighted by molar-refractivity contribution is 7.91. The van der Waals surface area contributed by atoms with Gasteiger partial charge < -0.3 is 0 Å². The summed E-state index contributed by atoms with van der Waals surface area (Å²) in [7, 11) is -3.38. The Morgan fingerprint density at radius 2 is 1.82 bits per heavy atom. The van der Waals surface area contributed by atoms with Crippen molar-refractivity contribution in [2.24, 2.45) is 0 Å². The fourth-order valence-electron chi connectivity index (χ4n) is 1.43. The lowest BCUT2D eigenvalue weighted by Gasteiger charge is -2.07. The van der Waals surface area contributed by atoms with Crippen molar-refractivity contribution in [3.05, 3.63) is 60.4 Å². The largest absolute Gasteiger partial charge is 0.282 e. The molecule has 0 aliphatic carbocycles. The van der Waals surface area contributed by atoms with Crippen molar-refractivity contribution in [3.63, 3.8) is 0 Å². The zero-order valence-electron chi connectivity index (χ0n) is 9.08. The molecule has 0 bridgehead atoms. The van der Waals surface area contributed by atoms with Crippen LogP contribution in [0, 0.1) is 0 Å². The van der Waals surface area contributed by atoms with E-state index in [1.807, 2.05) is 18.2 Å². The number of sulfonamides is 1. The van der Waals surface area contributed by atoms with Gasteiger partial charge in [0, 0.05) is 6.20 Å². The number of benzene rings is 1. The lowest BCUT2D eigenvalue weighted by atomic mass is 10.2. The maximum Gasteiger partial charge on any atom is 0.236 e. The predicted molar refractivity (Wildman–Crippen MR) is 66.9 cm³/mol. The minimum atomic E-state index is -3.38. The summed E-state index contributed by atoms with van der Waals surface area (Å²) in [6, 6.07) is 12.4. The molecule has 2 rings (SSSR count). The quantitative estimate of drug-likeness (QED) is 0.900. The summed E-state index contributed by atoms with van der Waals surface area (Å²) in [5.41, 5.74) is 1.23. The molecule has 88 valence electrons.